The van der Waals surface area contributed by atoms with Gasteiger partial charge in [-0.3, -0.25) is 0 Å². The molecule has 0 atom stereocenters. The van der Waals surface area contributed by atoms with Crippen LogP contribution in [0.2, 0.25) is 10.0 Å². The van der Waals surface area contributed by atoms with E-state index in [1.807, 2.05) is 19.2 Å². The molecule has 0 fully saturated rings. The number of nitrogens with two attached hydrogens (primary N) is 1. The second-order valence-electron chi connectivity index (χ2n) is 4.64. The number of nitrogens with one attached hydrogen (secondary N) is 1. The fraction of sp³-hybridized carbons (Fsp3) is 0.200. The molecule has 1 aromatic heterocycles. The number of hydrogen-bond donors (Lipinski definition) is 2. The maximum absolute atomic E-state index is 6.02. The predicted octanol–water partition coefficient (Wildman–Crippen LogP) is 3.35. The van der Waals surface area contributed by atoms with Crippen LogP contribution in [0.4, 0.5) is 0 Å². The maximum atomic E-state index is 6.02. The quantitative estimate of drug-likeness (QED) is 0.463. The molecule has 122 valence electrons. The number of hydrazone groups is 1. The molecule has 2 aromatic rings. The van der Waals surface area contributed by atoms with E-state index in [1.54, 1.807) is 24.4 Å². The van der Waals surface area contributed by atoms with Gasteiger partial charge in [-0.25, -0.2) is 5.01 Å². The van der Waals surface area contributed by atoms with Crippen LogP contribution in [0.1, 0.15) is 5.76 Å². The Bertz CT molecular complexity index is 717. The van der Waals surface area contributed by atoms with Crippen LogP contribution in [0.3, 0.4) is 0 Å². The van der Waals surface area contributed by atoms with E-state index in [1.165, 1.54) is 5.01 Å². The van der Waals surface area contributed by atoms with Gasteiger partial charge < -0.3 is 15.5 Å². The van der Waals surface area contributed by atoms with Crippen LogP contribution in [-0.2, 0) is 0 Å². The molecule has 3 N–H and O–H groups in total. The van der Waals surface area contributed by atoms with Crippen LogP contribution in [0, 0.1) is 0 Å². The van der Waals surface area contributed by atoms with Crippen molar-refractivity contribution in [3.05, 3.63) is 46.1 Å². The van der Waals surface area contributed by atoms with Crippen LogP contribution in [0.5, 0.6) is 0 Å². The summed E-state index contributed by atoms with van der Waals surface area (Å²) in [4.78, 5) is 0. The zero-order valence-electron chi connectivity index (χ0n) is 12.4. The Balaban J connectivity index is 2.13. The Morgan fingerprint density at radius 1 is 1.35 bits per heavy atom. The second-order valence-corrected chi connectivity index (χ2v) is 5.87. The van der Waals surface area contributed by atoms with E-state index in [-0.39, 0.29) is 5.11 Å². The van der Waals surface area contributed by atoms with Gasteiger partial charge in [0, 0.05) is 12.1 Å². The summed E-state index contributed by atoms with van der Waals surface area (Å²) in [5.41, 5.74) is 6.46. The molecule has 23 heavy (non-hydrogen) atoms. The lowest BCUT2D eigenvalue weighted by molar-refractivity contribution is 0.444. The lowest BCUT2D eigenvalue weighted by Crippen LogP contribution is -2.35. The van der Waals surface area contributed by atoms with Gasteiger partial charge in [0.05, 0.1) is 22.8 Å². The minimum atomic E-state index is 0.202. The zero-order chi connectivity index (χ0) is 16.8. The zero-order valence-corrected chi connectivity index (χ0v) is 14.8. The first-order valence-electron chi connectivity index (χ1n) is 6.82. The van der Waals surface area contributed by atoms with Crippen LogP contribution in [-0.4, -0.2) is 36.5 Å². The average molecular weight is 371 g/mol. The number of benzene rings is 1. The number of thiocarbonyl (C=S) groups is 1. The SMILES string of the molecule is CNCCN(N=Cc1ccc(-c2ccc(Cl)c(Cl)c2)o1)C(N)=S. The third-order valence-electron chi connectivity index (χ3n) is 2.98. The van der Waals surface area contributed by atoms with E-state index in [2.05, 4.69) is 10.4 Å². The number of likely N-dealkylation sites (N-methyl/N-ethyl adjacent to an activating group) is 1. The Labute approximate surface area is 150 Å². The lowest BCUT2D eigenvalue weighted by atomic mass is 10.2. The highest BCUT2D eigenvalue weighted by Crippen LogP contribution is 2.29. The van der Waals surface area contributed by atoms with E-state index in [9.17, 15) is 0 Å². The van der Waals surface area contributed by atoms with Gasteiger partial charge in [0.2, 0.25) is 0 Å². The summed E-state index contributed by atoms with van der Waals surface area (Å²) < 4.78 is 5.72. The molecule has 0 unspecified atom stereocenters. The molecular formula is C15H16Cl2N4OS. The van der Waals surface area contributed by atoms with E-state index in [4.69, 9.17) is 45.6 Å². The molecule has 0 aliphatic carbocycles. The number of rotatable bonds is 6. The molecular weight excluding hydrogens is 355 g/mol. The normalized spacial score (nSPS) is 11.1. The molecule has 8 heteroatoms. The van der Waals surface area contributed by atoms with E-state index in [0.717, 1.165) is 5.56 Å². The van der Waals surface area contributed by atoms with E-state index >= 15 is 0 Å². The van der Waals surface area contributed by atoms with Gasteiger partial charge in [0.1, 0.15) is 11.5 Å². The number of hydrogen-bond acceptors (Lipinski definition) is 4. The predicted molar refractivity (Wildman–Crippen MR) is 99.2 cm³/mol. The Morgan fingerprint density at radius 3 is 2.78 bits per heavy atom. The largest absolute Gasteiger partial charge is 0.455 e. The molecule has 1 aromatic carbocycles. The molecule has 0 aliphatic rings. The standard InChI is InChI=1S/C15H16Cl2N4OS/c1-19-6-7-21(15(18)23)20-9-11-3-5-14(22-11)10-2-4-12(16)13(17)8-10/h2-5,8-9,19H,6-7H2,1H3,(H2,18,23). The minimum Gasteiger partial charge on any atom is -0.455 e. The van der Waals surface area contributed by atoms with Crippen molar-refractivity contribution in [2.45, 2.75) is 0 Å². The van der Waals surface area contributed by atoms with Crippen LogP contribution < -0.4 is 11.1 Å². The smallest absolute Gasteiger partial charge is 0.187 e. The molecule has 0 spiro atoms. The lowest BCUT2D eigenvalue weighted by Gasteiger charge is -2.15. The fourth-order valence-electron chi connectivity index (χ4n) is 1.80. The summed E-state index contributed by atoms with van der Waals surface area (Å²) in [5.74, 6) is 1.25. The number of nitrogens with zero attached hydrogens (tertiary/aromatic N) is 2. The maximum Gasteiger partial charge on any atom is 0.187 e. The highest BCUT2D eigenvalue weighted by molar-refractivity contribution is 7.80. The van der Waals surface area contributed by atoms with Crippen molar-refractivity contribution in [3.63, 3.8) is 0 Å². The molecule has 1 heterocycles. The van der Waals surface area contributed by atoms with Crippen molar-refractivity contribution < 1.29 is 4.42 Å². The average Bonchev–Trinajstić information content (AvgIpc) is 2.98. The molecule has 5 nitrogen and oxygen atoms in total. The van der Waals surface area contributed by atoms with Gasteiger partial charge in [-0.2, -0.15) is 5.10 Å². The van der Waals surface area contributed by atoms with Crippen molar-refractivity contribution in [3.8, 4) is 11.3 Å². The summed E-state index contributed by atoms with van der Waals surface area (Å²) in [6.45, 7) is 1.28. The van der Waals surface area contributed by atoms with E-state index < -0.39 is 0 Å². The highest BCUT2D eigenvalue weighted by Gasteiger charge is 2.07. The topological polar surface area (TPSA) is 66.8 Å². The molecule has 0 amide bonds. The Hall–Kier alpha value is -1.60. The van der Waals surface area contributed by atoms with Gasteiger partial charge >= 0.3 is 0 Å². The summed E-state index contributed by atoms with van der Waals surface area (Å²) in [7, 11) is 1.84. The van der Waals surface area contributed by atoms with E-state index in [0.29, 0.717) is 34.7 Å². The molecule has 2 rings (SSSR count). The third kappa shape index (κ3) is 4.94. The van der Waals surface area contributed by atoms with Crippen LogP contribution in [0.25, 0.3) is 11.3 Å². The summed E-state index contributed by atoms with van der Waals surface area (Å²) in [6.07, 6.45) is 1.57. The van der Waals surface area contributed by atoms with Gasteiger partial charge in [-0.1, -0.05) is 23.2 Å². The molecule has 0 radical (unpaired) electrons. The summed E-state index contributed by atoms with van der Waals surface area (Å²) in [6, 6.07) is 8.94. The Kier molecular flexibility index (Phi) is 6.41. The number of halogens is 2. The van der Waals surface area contributed by atoms with Crippen molar-refractivity contribution in [2.75, 3.05) is 20.1 Å². The first kappa shape index (κ1) is 17.7. The Morgan fingerprint density at radius 2 is 2.13 bits per heavy atom. The third-order valence-corrected chi connectivity index (χ3v) is 3.93. The van der Waals surface area contributed by atoms with Crippen molar-refractivity contribution in [1.29, 1.82) is 0 Å². The first-order chi connectivity index (χ1) is 11.0. The van der Waals surface area contributed by atoms with Crippen molar-refractivity contribution >= 4 is 46.7 Å². The monoisotopic (exact) mass is 370 g/mol. The molecule has 0 aliphatic heterocycles. The van der Waals surface area contributed by atoms with Crippen molar-refractivity contribution in [2.24, 2.45) is 10.8 Å². The molecule has 0 saturated carbocycles. The summed E-state index contributed by atoms with van der Waals surface area (Å²) in [5, 5.41) is 9.94. The van der Waals surface area contributed by atoms with Crippen molar-refractivity contribution in [1.82, 2.24) is 10.3 Å². The second kappa shape index (κ2) is 8.31. The van der Waals surface area contributed by atoms with Gasteiger partial charge in [-0.15, -0.1) is 0 Å². The molecule has 0 saturated heterocycles. The minimum absolute atomic E-state index is 0.202. The van der Waals surface area contributed by atoms with Crippen LogP contribution >= 0.6 is 35.4 Å². The number of furan rings is 1. The molecule has 0 bridgehead atoms. The van der Waals surface area contributed by atoms with Crippen LogP contribution in [0.15, 0.2) is 39.9 Å². The van der Waals surface area contributed by atoms with Gasteiger partial charge in [-0.05, 0) is 49.6 Å². The van der Waals surface area contributed by atoms with Gasteiger partial charge in [0.25, 0.3) is 0 Å². The highest BCUT2D eigenvalue weighted by atomic mass is 35.5. The van der Waals surface area contributed by atoms with Gasteiger partial charge in [0.15, 0.2) is 5.11 Å². The fourth-order valence-corrected chi connectivity index (χ4v) is 2.23. The summed E-state index contributed by atoms with van der Waals surface area (Å²) >= 11 is 16.9. The first-order valence-corrected chi connectivity index (χ1v) is 7.98.